The van der Waals surface area contributed by atoms with Crippen molar-refractivity contribution < 1.29 is 28.3 Å². The zero-order valence-corrected chi connectivity index (χ0v) is 25.8. The van der Waals surface area contributed by atoms with Crippen LogP contribution < -0.4 is 24.4 Å². The first-order chi connectivity index (χ1) is 22.3. The third kappa shape index (κ3) is 5.61. The summed E-state index contributed by atoms with van der Waals surface area (Å²) in [5.41, 5.74) is 2.11. The summed E-state index contributed by atoms with van der Waals surface area (Å²) in [5.74, 6) is 1.20. The van der Waals surface area contributed by atoms with E-state index in [0.29, 0.717) is 54.7 Å². The standard InChI is InChI=1S/C34H27N3O8S/c1-4-44-33(39)29-30(21-8-6-5-7-9-21)35-34-36(31(29)22-12-16-26(42-2)27(18-22)43-3)32(38)28(46-34)19-24-15-17-25(45-24)20-10-13-23(14-11-20)37(40)41/h5-19,31H,4H2,1-3H3/b28-19-/t31-/m1/s1. The van der Waals surface area contributed by atoms with E-state index < -0.39 is 16.9 Å². The Morgan fingerprint density at radius 3 is 2.41 bits per heavy atom. The van der Waals surface area contributed by atoms with Crippen LogP contribution in [0.15, 0.2) is 105 Å². The maximum Gasteiger partial charge on any atom is 0.338 e. The fourth-order valence-corrected chi connectivity index (χ4v) is 6.22. The first-order valence-electron chi connectivity index (χ1n) is 14.2. The molecule has 0 saturated carbocycles. The molecule has 3 aromatic carbocycles. The van der Waals surface area contributed by atoms with Crippen molar-refractivity contribution in [1.82, 2.24) is 4.57 Å². The molecule has 0 spiro atoms. The summed E-state index contributed by atoms with van der Waals surface area (Å²) >= 11 is 1.16. The number of ether oxygens (including phenoxy) is 3. The van der Waals surface area contributed by atoms with Crippen molar-refractivity contribution >= 4 is 34.8 Å². The lowest BCUT2D eigenvalue weighted by Crippen LogP contribution is -2.40. The van der Waals surface area contributed by atoms with Gasteiger partial charge in [-0.15, -0.1) is 0 Å². The molecule has 0 fully saturated rings. The molecule has 12 heteroatoms. The third-order valence-electron chi connectivity index (χ3n) is 7.36. The van der Waals surface area contributed by atoms with Crippen LogP contribution in [-0.4, -0.2) is 36.3 Å². The molecule has 46 heavy (non-hydrogen) atoms. The highest BCUT2D eigenvalue weighted by molar-refractivity contribution is 7.07. The van der Waals surface area contributed by atoms with Crippen LogP contribution >= 0.6 is 11.3 Å². The fraction of sp³-hybridized carbons (Fsp3) is 0.147. The second-order valence-electron chi connectivity index (χ2n) is 10.1. The number of furan rings is 1. The average molecular weight is 638 g/mol. The summed E-state index contributed by atoms with van der Waals surface area (Å²) in [6.07, 6.45) is 1.61. The van der Waals surface area contributed by atoms with Crippen molar-refractivity contribution in [3.63, 3.8) is 0 Å². The molecule has 5 aromatic rings. The van der Waals surface area contributed by atoms with Gasteiger partial charge in [0.1, 0.15) is 11.5 Å². The van der Waals surface area contributed by atoms with Gasteiger partial charge in [0.15, 0.2) is 16.3 Å². The van der Waals surface area contributed by atoms with Crippen molar-refractivity contribution in [3.8, 4) is 22.8 Å². The average Bonchev–Trinajstić information content (AvgIpc) is 3.68. The van der Waals surface area contributed by atoms with Crippen LogP contribution in [0.1, 0.15) is 29.9 Å². The van der Waals surface area contributed by atoms with Crippen molar-refractivity contribution in [3.05, 3.63) is 137 Å². The Kier molecular flexibility index (Phi) is 8.36. The number of carbonyl (C=O) groups is 1. The van der Waals surface area contributed by atoms with Gasteiger partial charge >= 0.3 is 5.97 Å². The highest BCUT2D eigenvalue weighted by Gasteiger charge is 2.35. The number of hydrogen-bond acceptors (Lipinski definition) is 10. The molecule has 0 N–H and O–H groups in total. The summed E-state index contributed by atoms with van der Waals surface area (Å²) in [6, 6.07) is 23.0. The predicted molar refractivity (Wildman–Crippen MR) is 171 cm³/mol. The van der Waals surface area contributed by atoms with Gasteiger partial charge in [0, 0.05) is 29.3 Å². The number of nitrogens with zero attached hydrogens (tertiary/aromatic N) is 3. The van der Waals surface area contributed by atoms with Crippen molar-refractivity contribution in [2.45, 2.75) is 13.0 Å². The Bertz CT molecular complexity index is 2160. The normalized spacial score (nSPS) is 14.4. The van der Waals surface area contributed by atoms with Gasteiger partial charge in [-0.1, -0.05) is 47.7 Å². The SMILES string of the molecule is CCOC(=O)C1=C(c2ccccc2)N=c2s/c(=C\c3ccc(-c4ccc([N+](=O)[O-])cc4)o3)c(=O)n2[C@@H]1c1ccc(OC)c(OC)c1. The van der Waals surface area contributed by atoms with Gasteiger partial charge in [-0.25, -0.2) is 9.79 Å². The van der Waals surface area contributed by atoms with Crippen LogP contribution in [0.3, 0.4) is 0 Å². The Balaban J connectivity index is 1.54. The molecule has 11 nitrogen and oxygen atoms in total. The van der Waals surface area contributed by atoms with Crippen molar-refractivity contribution in [2.24, 2.45) is 4.99 Å². The number of nitro groups is 1. The van der Waals surface area contributed by atoms with Crippen LogP contribution in [0.5, 0.6) is 11.5 Å². The zero-order valence-electron chi connectivity index (χ0n) is 25.0. The molecular weight excluding hydrogens is 610 g/mol. The van der Waals surface area contributed by atoms with Gasteiger partial charge in [-0.05, 0) is 48.9 Å². The zero-order chi connectivity index (χ0) is 32.4. The van der Waals surface area contributed by atoms with Crippen LogP contribution in [0.4, 0.5) is 5.69 Å². The van der Waals surface area contributed by atoms with E-state index in [4.69, 9.17) is 23.6 Å². The number of non-ortho nitro benzene ring substituents is 1. The van der Waals surface area contributed by atoms with Gasteiger partial charge in [-0.2, -0.15) is 0 Å². The molecule has 1 aliphatic heterocycles. The number of thiazole rings is 1. The fourth-order valence-electron chi connectivity index (χ4n) is 5.24. The summed E-state index contributed by atoms with van der Waals surface area (Å²) < 4.78 is 24.3. The van der Waals surface area contributed by atoms with Crippen LogP contribution in [0, 0.1) is 10.1 Å². The van der Waals surface area contributed by atoms with Crippen molar-refractivity contribution in [1.29, 1.82) is 0 Å². The minimum atomic E-state index is -0.903. The number of hydrogen-bond donors (Lipinski definition) is 0. The highest BCUT2D eigenvalue weighted by atomic mass is 32.1. The number of aromatic nitrogens is 1. The van der Waals surface area contributed by atoms with E-state index in [0.717, 1.165) is 11.3 Å². The van der Waals surface area contributed by atoms with Gasteiger partial charge in [0.2, 0.25) is 0 Å². The summed E-state index contributed by atoms with van der Waals surface area (Å²) in [4.78, 5) is 43.7. The molecule has 0 radical (unpaired) electrons. The maximum atomic E-state index is 14.2. The Morgan fingerprint density at radius 2 is 1.74 bits per heavy atom. The molecule has 0 amide bonds. The van der Waals surface area contributed by atoms with Gasteiger partial charge in [-0.3, -0.25) is 19.5 Å². The van der Waals surface area contributed by atoms with E-state index in [2.05, 4.69) is 0 Å². The number of fused-ring (bicyclic) bond motifs is 1. The molecule has 1 atom stereocenters. The smallest absolute Gasteiger partial charge is 0.338 e. The monoisotopic (exact) mass is 637 g/mol. The summed E-state index contributed by atoms with van der Waals surface area (Å²) in [6.45, 7) is 1.85. The molecule has 3 heterocycles. The Labute approximate surface area is 266 Å². The molecule has 1 aliphatic rings. The molecule has 0 bridgehead atoms. The number of rotatable bonds is 9. The Morgan fingerprint density at radius 1 is 1.00 bits per heavy atom. The summed E-state index contributed by atoms with van der Waals surface area (Å²) in [7, 11) is 3.04. The Hall–Kier alpha value is -5.75. The molecule has 0 aliphatic carbocycles. The first-order valence-corrected chi connectivity index (χ1v) is 15.0. The lowest BCUT2D eigenvalue weighted by molar-refractivity contribution is -0.384. The van der Waals surface area contributed by atoms with Crippen molar-refractivity contribution in [2.75, 3.05) is 20.8 Å². The number of benzene rings is 3. The molecule has 6 rings (SSSR count). The van der Waals surface area contributed by atoms with E-state index in [1.165, 1.54) is 30.9 Å². The highest BCUT2D eigenvalue weighted by Crippen LogP contribution is 2.38. The molecular formula is C34H27N3O8S. The van der Waals surface area contributed by atoms with Gasteiger partial charge < -0.3 is 18.6 Å². The molecule has 2 aromatic heterocycles. The lowest BCUT2D eigenvalue weighted by Gasteiger charge is -2.26. The molecule has 0 saturated heterocycles. The number of carbonyl (C=O) groups excluding carboxylic acids is 1. The van der Waals surface area contributed by atoms with E-state index in [-0.39, 0.29) is 23.4 Å². The van der Waals surface area contributed by atoms with Gasteiger partial charge in [0.05, 0.1) is 47.6 Å². The van der Waals surface area contributed by atoms with Crippen LogP contribution in [0.2, 0.25) is 0 Å². The predicted octanol–water partition coefficient (Wildman–Crippen LogP) is 5.12. The maximum absolute atomic E-state index is 14.2. The number of esters is 1. The van der Waals surface area contributed by atoms with Gasteiger partial charge in [0.25, 0.3) is 11.2 Å². The van der Waals surface area contributed by atoms with E-state index in [1.54, 1.807) is 55.5 Å². The van der Waals surface area contributed by atoms with E-state index >= 15 is 0 Å². The molecule has 232 valence electrons. The lowest BCUT2D eigenvalue weighted by atomic mass is 9.93. The second-order valence-corrected chi connectivity index (χ2v) is 11.1. The van der Waals surface area contributed by atoms with Crippen LogP contribution in [0.25, 0.3) is 23.1 Å². The topological polar surface area (TPSA) is 135 Å². The van der Waals surface area contributed by atoms with Crippen LogP contribution in [-0.2, 0) is 9.53 Å². The number of methoxy groups -OCH3 is 2. The number of nitro benzene ring substituents is 1. The summed E-state index contributed by atoms with van der Waals surface area (Å²) in [5, 5.41) is 11.0. The largest absolute Gasteiger partial charge is 0.493 e. The molecule has 0 unspecified atom stereocenters. The van der Waals surface area contributed by atoms with E-state index in [1.807, 2.05) is 30.3 Å². The first kappa shape index (κ1) is 30.3. The second kappa shape index (κ2) is 12.7. The quantitative estimate of drug-likeness (QED) is 0.123. The minimum Gasteiger partial charge on any atom is -0.493 e. The third-order valence-corrected chi connectivity index (χ3v) is 8.34. The minimum absolute atomic E-state index is 0.0299. The van der Waals surface area contributed by atoms with E-state index in [9.17, 15) is 19.7 Å².